The monoisotopic (exact) mass is 227 g/mol. The number of nitrogens with zero attached hydrogens (tertiary/aromatic N) is 2. The van der Waals surface area contributed by atoms with E-state index in [-0.39, 0.29) is 11.5 Å². The molecule has 3 nitrogen and oxygen atoms in total. The minimum Gasteiger partial charge on any atom is -0.382 e. The van der Waals surface area contributed by atoms with Gasteiger partial charge in [0.15, 0.2) is 17.5 Å². The summed E-state index contributed by atoms with van der Waals surface area (Å²) in [7, 11) is 0. The first-order valence-electron chi connectivity index (χ1n) is 4.46. The fourth-order valence-electron chi connectivity index (χ4n) is 1.29. The van der Waals surface area contributed by atoms with Crippen LogP contribution in [0.2, 0.25) is 0 Å². The summed E-state index contributed by atoms with van der Waals surface area (Å²) in [6, 6.07) is 1.93. The Kier molecular flexibility index (Phi) is 2.34. The zero-order chi connectivity index (χ0) is 11.9. The van der Waals surface area contributed by atoms with Gasteiger partial charge in [0, 0.05) is 11.8 Å². The third-order valence-corrected chi connectivity index (χ3v) is 2.20. The van der Waals surface area contributed by atoms with Crippen LogP contribution in [0.15, 0.2) is 18.3 Å². The van der Waals surface area contributed by atoms with Crippen LogP contribution in [-0.4, -0.2) is 9.78 Å². The molecule has 2 rings (SSSR count). The lowest BCUT2D eigenvalue weighted by molar-refractivity contribution is 0.443. The molecule has 2 aromatic rings. The summed E-state index contributed by atoms with van der Waals surface area (Å²) in [5.41, 5.74) is 5.92. The largest absolute Gasteiger partial charge is 0.382 e. The van der Waals surface area contributed by atoms with Crippen LogP contribution >= 0.6 is 0 Å². The van der Waals surface area contributed by atoms with Gasteiger partial charge in [-0.05, 0) is 19.1 Å². The van der Waals surface area contributed by atoms with Crippen LogP contribution in [0.5, 0.6) is 0 Å². The highest BCUT2D eigenvalue weighted by atomic mass is 19.2. The molecule has 0 bridgehead atoms. The number of aryl methyl sites for hydroxylation is 1. The minimum atomic E-state index is -1.52. The van der Waals surface area contributed by atoms with Crippen molar-refractivity contribution in [3.63, 3.8) is 0 Å². The van der Waals surface area contributed by atoms with Crippen LogP contribution < -0.4 is 5.73 Å². The Morgan fingerprint density at radius 1 is 1.19 bits per heavy atom. The molecule has 16 heavy (non-hydrogen) atoms. The highest BCUT2D eigenvalue weighted by Gasteiger charge is 2.15. The molecule has 1 aromatic carbocycles. The lowest BCUT2D eigenvalue weighted by atomic mass is 10.3. The predicted molar refractivity (Wildman–Crippen MR) is 52.6 cm³/mol. The van der Waals surface area contributed by atoms with Gasteiger partial charge in [-0.1, -0.05) is 0 Å². The quantitative estimate of drug-likeness (QED) is 0.759. The summed E-state index contributed by atoms with van der Waals surface area (Å²) >= 11 is 0. The second-order valence-corrected chi connectivity index (χ2v) is 3.34. The summed E-state index contributed by atoms with van der Waals surface area (Å²) in [6.07, 6.45) is 1.44. The van der Waals surface area contributed by atoms with Crippen molar-refractivity contribution in [2.75, 3.05) is 5.73 Å². The Hall–Kier alpha value is -1.98. The van der Waals surface area contributed by atoms with Crippen molar-refractivity contribution in [2.45, 2.75) is 6.92 Å². The zero-order valence-electron chi connectivity index (χ0n) is 8.34. The van der Waals surface area contributed by atoms with Gasteiger partial charge in [0.1, 0.15) is 11.5 Å². The lowest BCUT2D eigenvalue weighted by Crippen LogP contribution is -2.03. The standard InChI is InChI=1S/C10H8F3N3/c1-5-4-16(15-10(5)14)7-3-2-6(11)8(12)9(7)13/h2-4H,1H3,(H2,14,15). The molecule has 0 aliphatic carbocycles. The summed E-state index contributed by atoms with van der Waals surface area (Å²) in [5.74, 6) is -3.84. The van der Waals surface area contributed by atoms with Gasteiger partial charge in [-0.25, -0.2) is 17.9 Å². The molecule has 0 saturated carbocycles. The van der Waals surface area contributed by atoms with Crippen LogP contribution in [-0.2, 0) is 0 Å². The fourth-order valence-corrected chi connectivity index (χ4v) is 1.29. The van der Waals surface area contributed by atoms with E-state index in [2.05, 4.69) is 5.10 Å². The molecular formula is C10H8F3N3. The normalized spacial score (nSPS) is 10.8. The molecule has 1 heterocycles. The Morgan fingerprint density at radius 3 is 2.44 bits per heavy atom. The van der Waals surface area contributed by atoms with E-state index < -0.39 is 17.5 Å². The minimum absolute atomic E-state index is 0.182. The second-order valence-electron chi connectivity index (χ2n) is 3.34. The highest BCUT2D eigenvalue weighted by molar-refractivity contribution is 5.41. The average molecular weight is 227 g/mol. The first kappa shape index (κ1) is 10.5. The van der Waals surface area contributed by atoms with Gasteiger partial charge < -0.3 is 5.73 Å². The first-order valence-corrected chi connectivity index (χ1v) is 4.46. The second kappa shape index (κ2) is 3.55. The molecule has 0 aliphatic rings. The van der Waals surface area contributed by atoms with E-state index in [0.717, 1.165) is 16.8 Å². The first-order chi connectivity index (χ1) is 7.50. The van der Waals surface area contributed by atoms with Crippen LogP contribution in [0.25, 0.3) is 5.69 Å². The SMILES string of the molecule is Cc1cn(-c2ccc(F)c(F)c2F)nc1N. The molecule has 0 amide bonds. The van der Waals surface area contributed by atoms with E-state index in [0.29, 0.717) is 5.56 Å². The molecule has 0 radical (unpaired) electrons. The third-order valence-electron chi connectivity index (χ3n) is 2.20. The zero-order valence-corrected chi connectivity index (χ0v) is 8.34. The molecule has 0 saturated heterocycles. The van der Waals surface area contributed by atoms with Crippen molar-refractivity contribution in [1.29, 1.82) is 0 Å². The lowest BCUT2D eigenvalue weighted by Gasteiger charge is -2.03. The number of rotatable bonds is 1. The number of nitrogens with two attached hydrogens (primary N) is 1. The maximum Gasteiger partial charge on any atom is 0.196 e. The maximum absolute atomic E-state index is 13.4. The van der Waals surface area contributed by atoms with E-state index in [4.69, 9.17) is 5.73 Å². The van der Waals surface area contributed by atoms with Crippen LogP contribution in [0.3, 0.4) is 0 Å². The fraction of sp³-hybridized carbons (Fsp3) is 0.100. The van der Waals surface area contributed by atoms with Gasteiger partial charge in [-0.15, -0.1) is 0 Å². The summed E-state index contributed by atoms with van der Waals surface area (Å²) < 4.78 is 40.1. The van der Waals surface area contributed by atoms with Gasteiger partial charge in [0.25, 0.3) is 0 Å². The third kappa shape index (κ3) is 1.52. The van der Waals surface area contributed by atoms with Crippen molar-refractivity contribution >= 4 is 5.82 Å². The molecule has 0 unspecified atom stereocenters. The number of anilines is 1. The van der Waals surface area contributed by atoms with E-state index in [1.54, 1.807) is 6.92 Å². The van der Waals surface area contributed by atoms with E-state index >= 15 is 0 Å². The maximum atomic E-state index is 13.4. The predicted octanol–water partition coefficient (Wildman–Crippen LogP) is 2.18. The Balaban J connectivity index is 2.61. The molecule has 0 aliphatic heterocycles. The van der Waals surface area contributed by atoms with Gasteiger partial charge in [-0.2, -0.15) is 5.10 Å². The summed E-state index contributed by atoms with van der Waals surface area (Å²) in [4.78, 5) is 0. The number of aromatic nitrogens is 2. The number of hydrogen-bond acceptors (Lipinski definition) is 2. The van der Waals surface area contributed by atoms with E-state index in [1.165, 1.54) is 6.20 Å². The summed E-state index contributed by atoms with van der Waals surface area (Å²) in [6.45, 7) is 1.68. The van der Waals surface area contributed by atoms with E-state index in [1.807, 2.05) is 0 Å². The highest BCUT2D eigenvalue weighted by Crippen LogP contribution is 2.20. The van der Waals surface area contributed by atoms with Crippen LogP contribution in [0.1, 0.15) is 5.56 Å². The average Bonchev–Trinajstić information content (AvgIpc) is 2.56. The number of hydrogen-bond donors (Lipinski definition) is 1. The molecular weight excluding hydrogens is 219 g/mol. The number of nitrogen functional groups attached to an aromatic ring is 1. The van der Waals surface area contributed by atoms with Crippen LogP contribution in [0, 0.1) is 24.4 Å². The van der Waals surface area contributed by atoms with Crippen molar-refractivity contribution in [3.05, 3.63) is 41.3 Å². The van der Waals surface area contributed by atoms with Gasteiger partial charge in [0.2, 0.25) is 0 Å². The Labute approximate surface area is 89.3 Å². The van der Waals surface area contributed by atoms with Crippen molar-refractivity contribution in [2.24, 2.45) is 0 Å². The number of benzene rings is 1. The van der Waals surface area contributed by atoms with Crippen molar-refractivity contribution < 1.29 is 13.2 Å². The van der Waals surface area contributed by atoms with Crippen molar-refractivity contribution in [3.8, 4) is 5.69 Å². The number of halogens is 3. The van der Waals surface area contributed by atoms with Gasteiger partial charge in [-0.3, -0.25) is 0 Å². The summed E-state index contributed by atoms with van der Waals surface area (Å²) in [5, 5.41) is 3.78. The molecule has 1 aromatic heterocycles. The smallest absolute Gasteiger partial charge is 0.196 e. The van der Waals surface area contributed by atoms with E-state index in [9.17, 15) is 13.2 Å². The topological polar surface area (TPSA) is 43.8 Å². The molecule has 6 heteroatoms. The Bertz CT molecular complexity index is 529. The molecule has 2 N–H and O–H groups in total. The van der Waals surface area contributed by atoms with Gasteiger partial charge >= 0.3 is 0 Å². The molecule has 0 fully saturated rings. The van der Waals surface area contributed by atoms with Crippen molar-refractivity contribution in [1.82, 2.24) is 9.78 Å². The Morgan fingerprint density at radius 2 is 1.88 bits per heavy atom. The molecule has 0 spiro atoms. The molecule has 0 atom stereocenters. The van der Waals surface area contributed by atoms with Crippen LogP contribution in [0.4, 0.5) is 19.0 Å². The van der Waals surface area contributed by atoms with Gasteiger partial charge in [0.05, 0.1) is 0 Å². The molecule has 84 valence electrons.